The molecule has 0 aliphatic carbocycles. The third-order valence-corrected chi connectivity index (χ3v) is 2.46. The second-order valence-corrected chi connectivity index (χ2v) is 4.26. The maximum absolute atomic E-state index is 12.0. The fraction of sp³-hybridized carbons (Fsp3) is 0.357. The fourth-order valence-electron chi connectivity index (χ4n) is 1.43. The predicted octanol–water partition coefficient (Wildman–Crippen LogP) is -0.574. The predicted molar refractivity (Wildman–Crippen MR) is 77.6 cm³/mol. The molecule has 1 aromatic heterocycles. The number of aromatic nitrogens is 1. The molecule has 3 amide bonds. The molecule has 0 atom stereocenters. The molecule has 7 heteroatoms. The standard InChI is InChI=1S/C14H18N4O3/c1-18(2)14(21)17-8-7-16-13(20)12-5-6-15-10-11(12)4-3-9-19/h5-6,10,19H,7-9H2,1-2H3,(H,16,20)(H,17,21). The number of urea groups is 1. The highest BCUT2D eigenvalue weighted by molar-refractivity contribution is 5.96. The van der Waals surface area contributed by atoms with Crippen LogP contribution in [0.5, 0.6) is 0 Å². The molecule has 0 unspecified atom stereocenters. The molecule has 0 fully saturated rings. The van der Waals surface area contributed by atoms with Crippen molar-refractivity contribution < 1.29 is 14.7 Å². The van der Waals surface area contributed by atoms with Crippen LogP contribution in [0.25, 0.3) is 0 Å². The quantitative estimate of drug-likeness (QED) is 0.511. The van der Waals surface area contributed by atoms with Crippen LogP contribution in [0.1, 0.15) is 15.9 Å². The zero-order chi connectivity index (χ0) is 15.7. The molecule has 0 saturated heterocycles. The summed E-state index contributed by atoms with van der Waals surface area (Å²) < 4.78 is 0. The number of nitrogens with zero attached hydrogens (tertiary/aromatic N) is 2. The summed E-state index contributed by atoms with van der Waals surface area (Å²) in [6.45, 7) is 0.339. The Morgan fingerprint density at radius 2 is 2.05 bits per heavy atom. The minimum Gasteiger partial charge on any atom is -0.384 e. The summed E-state index contributed by atoms with van der Waals surface area (Å²) in [4.78, 5) is 28.6. The van der Waals surface area contributed by atoms with Gasteiger partial charge in [-0.2, -0.15) is 0 Å². The minimum atomic E-state index is -0.307. The SMILES string of the molecule is CN(C)C(=O)NCCNC(=O)c1ccncc1C#CCO. The highest BCUT2D eigenvalue weighted by atomic mass is 16.2. The van der Waals surface area contributed by atoms with Gasteiger partial charge in [0.1, 0.15) is 6.61 Å². The first-order valence-corrected chi connectivity index (χ1v) is 6.33. The number of aliphatic hydroxyl groups excluding tert-OH is 1. The second kappa shape index (κ2) is 8.55. The number of aliphatic hydroxyl groups is 1. The van der Waals surface area contributed by atoms with Crippen LogP contribution in [-0.2, 0) is 0 Å². The maximum Gasteiger partial charge on any atom is 0.316 e. The summed E-state index contributed by atoms with van der Waals surface area (Å²) >= 11 is 0. The fourth-order valence-corrected chi connectivity index (χ4v) is 1.43. The number of amides is 3. The summed E-state index contributed by atoms with van der Waals surface area (Å²) in [7, 11) is 3.27. The Kier molecular flexibility index (Phi) is 6.71. The van der Waals surface area contributed by atoms with Crippen molar-refractivity contribution in [3.63, 3.8) is 0 Å². The van der Waals surface area contributed by atoms with Gasteiger partial charge in [-0.1, -0.05) is 11.8 Å². The smallest absolute Gasteiger partial charge is 0.316 e. The summed E-state index contributed by atoms with van der Waals surface area (Å²) in [5.41, 5.74) is 0.825. The number of hydrogen-bond donors (Lipinski definition) is 3. The lowest BCUT2D eigenvalue weighted by atomic mass is 10.1. The number of nitrogens with one attached hydrogen (secondary N) is 2. The number of carbonyl (C=O) groups excluding carboxylic acids is 2. The van der Waals surface area contributed by atoms with Crippen LogP contribution in [0.3, 0.4) is 0 Å². The lowest BCUT2D eigenvalue weighted by Crippen LogP contribution is -2.39. The van der Waals surface area contributed by atoms with Crippen LogP contribution in [0, 0.1) is 11.8 Å². The van der Waals surface area contributed by atoms with Gasteiger partial charge in [-0.25, -0.2) is 4.79 Å². The Bertz CT molecular complexity index is 561. The molecule has 1 aromatic rings. The first-order valence-electron chi connectivity index (χ1n) is 6.33. The van der Waals surface area contributed by atoms with Crippen molar-refractivity contribution in [2.75, 3.05) is 33.8 Å². The van der Waals surface area contributed by atoms with Crippen molar-refractivity contribution in [1.82, 2.24) is 20.5 Å². The van der Waals surface area contributed by atoms with Crippen LogP contribution in [0.4, 0.5) is 4.79 Å². The van der Waals surface area contributed by atoms with E-state index >= 15 is 0 Å². The Labute approximate surface area is 123 Å². The zero-order valence-corrected chi connectivity index (χ0v) is 12.0. The van der Waals surface area contributed by atoms with Crippen LogP contribution in [0.15, 0.2) is 18.5 Å². The van der Waals surface area contributed by atoms with E-state index in [4.69, 9.17) is 5.11 Å². The van der Waals surface area contributed by atoms with Crippen molar-refractivity contribution in [2.45, 2.75) is 0 Å². The molecule has 0 spiro atoms. The van der Waals surface area contributed by atoms with Gasteiger partial charge in [-0.15, -0.1) is 0 Å². The second-order valence-electron chi connectivity index (χ2n) is 4.26. The Hall–Kier alpha value is -2.59. The molecule has 1 heterocycles. The van der Waals surface area contributed by atoms with Gasteiger partial charge in [0.15, 0.2) is 0 Å². The number of pyridine rings is 1. The van der Waals surface area contributed by atoms with E-state index < -0.39 is 0 Å². The number of rotatable bonds is 4. The molecule has 1 rings (SSSR count). The molecule has 3 N–H and O–H groups in total. The Morgan fingerprint density at radius 1 is 1.33 bits per heavy atom. The molecular formula is C14H18N4O3. The summed E-state index contributed by atoms with van der Waals surface area (Å²) in [6.07, 6.45) is 2.96. The molecule has 21 heavy (non-hydrogen) atoms. The Morgan fingerprint density at radius 3 is 2.71 bits per heavy atom. The normalized spacial score (nSPS) is 9.29. The van der Waals surface area contributed by atoms with Gasteiger partial charge in [-0.3, -0.25) is 9.78 Å². The van der Waals surface area contributed by atoms with Gasteiger partial charge in [0.2, 0.25) is 0 Å². The highest BCUT2D eigenvalue weighted by Gasteiger charge is 2.09. The van der Waals surface area contributed by atoms with Crippen LogP contribution in [0.2, 0.25) is 0 Å². The third kappa shape index (κ3) is 5.50. The first-order chi connectivity index (χ1) is 10.1. The van der Waals surface area contributed by atoms with Gasteiger partial charge in [0, 0.05) is 39.6 Å². The molecule has 7 nitrogen and oxygen atoms in total. The van der Waals surface area contributed by atoms with Crippen LogP contribution in [-0.4, -0.2) is 60.7 Å². The van der Waals surface area contributed by atoms with Gasteiger partial charge in [0.05, 0.1) is 11.1 Å². The van der Waals surface area contributed by atoms with Crippen LogP contribution < -0.4 is 10.6 Å². The largest absolute Gasteiger partial charge is 0.384 e. The monoisotopic (exact) mass is 290 g/mol. The van der Waals surface area contributed by atoms with E-state index in [9.17, 15) is 9.59 Å². The van der Waals surface area contributed by atoms with E-state index in [1.807, 2.05) is 0 Å². The summed E-state index contributed by atoms with van der Waals surface area (Å²) in [5.74, 6) is 4.84. The van der Waals surface area contributed by atoms with Gasteiger partial charge < -0.3 is 20.6 Å². The zero-order valence-electron chi connectivity index (χ0n) is 12.0. The number of carbonyl (C=O) groups is 2. The van der Waals surface area contributed by atoms with Crippen molar-refractivity contribution in [3.8, 4) is 11.8 Å². The highest BCUT2D eigenvalue weighted by Crippen LogP contribution is 2.04. The lowest BCUT2D eigenvalue weighted by molar-refractivity contribution is 0.0953. The summed E-state index contributed by atoms with van der Waals surface area (Å²) in [6, 6.07) is 1.33. The minimum absolute atomic E-state index is 0.220. The van der Waals surface area contributed by atoms with Crippen molar-refractivity contribution in [3.05, 3.63) is 29.6 Å². The number of hydrogen-bond acceptors (Lipinski definition) is 4. The van der Waals surface area contributed by atoms with E-state index in [-0.39, 0.29) is 18.5 Å². The third-order valence-electron chi connectivity index (χ3n) is 2.46. The molecule has 0 saturated carbocycles. The van der Waals surface area contributed by atoms with Gasteiger partial charge in [-0.05, 0) is 6.07 Å². The molecule has 0 bridgehead atoms. The average molecular weight is 290 g/mol. The van der Waals surface area contributed by atoms with Crippen molar-refractivity contribution in [1.29, 1.82) is 0 Å². The lowest BCUT2D eigenvalue weighted by Gasteiger charge is -2.12. The topological polar surface area (TPSA) is 94.6 Å². The van der Waals surface area contributed by atoms with Crippen molar-refractivity contribution in [2.24, 2.45) is 0 Å². The molecule has 0 radical (unpaired) electrons. The Balaban J connectivity index is 2.55. The molecule has 0 aliphatic rings. The van der Waals surface area contributed by atoms with E-state index in [0.29, 0.717) is 24.2 Å². The van der Waals surface area contributed by atoms with Crippen molar-refractivity contribution >= 4 is 11.9 Å². The van der Waals surface area contributed by atoms with Gasteiger partial charge >= 0.3 is 6.03 Å². The van der Waals surface area contributed by atoms with Gasteiger partial charge in [0.25, 0.3) is 5.91 Å². The summed E-state index contributed by atoms with van der Waals surface area (Å²) in [5, 5.41) is 14.0. The van der Waals surface area contributed by atoms with Crippen LogP contribution >= 0.6 is 0 Å². The van der Waals surface area contributed by atoms with E-state index in [0.717, 1.165) is 0 Å². The first kappa shape index (κ1) is 16.5. The maximum atomic E-state index is 12.0. The molecule has 0 aliphatic heterocycles. The molecule has 112 valence electrons. The van der Waals surface area contributed by atoms with E-state index in [1.54, 1.807) is 20.2 Å². The van der Waals surface area contributed by atoms with E-state index in [1.165, 1.54) is 17.3 Å². The molecule has 0 aromatic carbocycles. The molecular weight excluding hydrogens is 272 g/mol. The van der Waals surface area contributed by atoms with E-state index in [2.05, 4.69) is 27.5 Å². The average Bonchev–Trinajstić information content (AvgIpc) is 2.49.